The van der Waals surface area contributed by atoms with E-state index in [9.17, 15) is 0 Å². The zero-order chi connectivity index (χ0) is 27.7. The van der Waals surface area contributed by atoms with Crippen molar-refractivity contribution in [3.8, 4) is 11.8 Å². The fourth-order valence-corrected chi connectivity index (χ4v) is 2.69. The molecule has 0 aliphatic heterocycles. The highest BCUT2D eigenvalue weighted by Crippen LogP contribution is 2.14. The van der Waals surface area contributed by atoms with Crippen molar-refractivity contribution in [2.75, 3.05) is 50.9 Å². The molecular weight excluding hydrogens is 558 g/mol. The quantitative estimate of drug-likeness (QED) is 0.0693. The number of ether oxygens (including phenoxy) is 2. The average molecular weight is 598 g/mol. The molecule has 13 nitrogen and oxygen atoms in total. The molecule has 36 heavy (non-hydrogen) atoms. The average Bonchev–Trinajstić information content (AvgIpc) is 2.75. The van der Waals surface area contributed by atoms with Crippen LogP contribution in [-0.4, -0.2) is 90.9 Å². The van der Waals surface area contributed by atoms with Crippen LogP contribution in [-0.2, 0) is 20.8 Å². The second kappa shape index (κ2) is 24.4. The largest absolute Gasteiger partial charge is 0.478 e. The summed E-state index contributed by atoms with van der Waals surface area (Å²) in [6, 6.07) is 5.70. The van der Waals surface area contributed by atoms with E-state index in [1.165, 1.54) is 0 Å². The molecule has 0 aliphatic carbocycles. The molecule has 0 fully saturated rings. The minimum Gasteiger partial charge on any atom is -0.478 e. The Bertz CT molecular complexity index is 764. The lowest BCUT2D eigenvalue weighted by molar-refractivity contribution is 0.269. The van der Waals surface area contributed by atoms with Crippen LogP contribution in [0.4, 0.5) is 0 Å². The number of hydrogen-bond acceptors (Lipinski definition) is 11. The number of pyridine rings is 1. The number of aromatic nitrogens is 1. The summed E-state index contributed by atoms with van der Waals surface area (Å²) in [6.45, 7) is 5.44. The van der Waals surface area contributed by atoms with E-state index in [0.29, 0.717) is 25.0 Å². The summed E-state index contributed by atoms with van der Waals surface area (Å²) in [6.07, 6.45) is 6.71. The SMILES string of the molecule is O=S(=O)(O)O.O=S(=O)(O)O.SCCNCCCCCOc1cccc(OCCCCCNCCS)n1. The van der Waals surface area contributed by atoms with E-state index in [1.54, 1.807) is 0 Å². The Labute approximate surface area is 225 Å². The van der Waals surface area contributed by atoms with Gasteiger partial charge in [0, 0.05) is 36.7 Å². The molecule has 214 valence electrons. The smallest absolute Gasteiger partial charge is 0.394 e. The Morgan fingerprint density at radius 2 is 1.03 bits per heavy atom. The number of rotatable bonds is 18. The number of thiol groups is 2. The van der Waals surface area contributed by atoms with E-state index in [-0.39, 0.29) is 0 Å². The molecule has 0 saturated carbocycles. The third-order valence-electron chi connectivity index (χ3n) is 3.77. The number of nitrogens with zero attached hydrogens (tertiary/aromatic N) is 1. The van der Waals surface area contributed by atoms with Gasteiger partial charge in [0.25, 0.3) is 0 Å². The van der Waals surface area contributed by atoms with Crippen molar-refractivity contribution >= 4 is 46.1 Å². The van der Waals surface area contributed by atoms with Crippen molar-refractivity contribution < 1.29 is 44.5 Å². The fraction of sp³-hybridized carbons (Fsp3) is 0.737. The summed E-state index contributed by atoms with van der Waals surface area (Å²) in [5.41, 5.74) is 0. The van der Waals surface area contributed by atoms with Gasteiger partial charge in [-0.15, -0.1) is 0 Å². The molecule has 0 atom stereocenters. The molecule has 1 heterocycles. The molecule has 0 radical (unpaired) electrons. The Kier molecular flexibility index (Phi) is 25.3. The first-order chi connectivity index (χ1) is 16.9. The molecule has 0 spiro atoms. The number of hydrogen-bond donors (Lipinski definition) is 8. The summed E-state index contributed by atoms with van der Waals surface area (Å²) >= 11 is 8.34. The summed E-state index contributed by atoms with van der Waals surface area (Å²) in [4.78, 5) is 4.40. The molecule has 0 aromatic carbocycles. The summed E-state index contributed by atoms with van der Waals surface area (Å²) < 4.78 is 74.6. The van der Waals surface area contributed by atoms with Crippen molar-refractivity contribution in [1.29, 1.82) is 0 Å². The van der Waals surface area contributed by atoms with Gasteiger partial charge in [0.15, 0.2) is 0 Å². The summed E-state index contributed by atoms with van der Waals surface area (Å²) in [5, 5.41) is 6.68. The van der Waals surface area contributed by atoms with Crippen LogP contribution in [0, 0.1) is 0 Å². The molecule has 17 heteroatoms. The maximum absolute atomic E-state index is 8.74. The van der Waals surface area contributed by atoms with E-state index in [0.717, 1.165) is 76.2 Å². The summed E-state index contributed by atoms with van der Waals surface area (Å²) in [5.74, 6) is 3.07. The number of nitrogens with one attached hydrogen (secondary N) is 2. The maximum atomic E-state index is 8.74. The topological polar surface area (TPSA) is 205 Å². The van der Waals surface area contributed by atoms with Crippen LogP contribution in [0.15, 0.2) is 18.2 Å². The molecule has 0 bridgehead atoms. The number of unbranched alkanes of at least 4 members (excludes halogenated alkanes) is 4. The molecule has 0 saturated heterocycles. The normalized spacial score (nSPS) is 11.1. The van der Waals surface area contributed by atoms with Crippen LogP contribution >= 0.6 is 25.3 Å². The molecule has 1 aromatic rings. The first-order valence-corrected chi connectivity index (χ1v) is 15.2. The second-order valence-corrected chi connectivity index (χ2v) is 9.66. The van der Waals surface area contributed by atoms with Gasteiger partial charge < -0.3 is 20.1 Å². The van der Waals surface area contributed by atoms with Crippen molar-refractivity contribution in [3.63, 3.8) is 0 Å². The van der Waals surface area contributed by atoms with Crippen molar-refractivity contribution in [1.82, 2.24) is 15.6 Å². The van der Waals surface area contributed by atoms with E-state index in [2.05, 4.69) is 40.9 Å². The summed E-state index contributed by atoms with van der Waals surface area (Å²) in [7, 11) is -9.33. The van der Waals surface area contributed by atoms with Gasteiger partial charge in [0.1, 0.15) is 0 Å². The van der Waals surface area contributed by atoms with Crippen molar-refractivity contribution in [2.24, 2.45) is 0 Å². The highest BCUT2D eigenvalue weighted by atomic mass is 32.3. The van der Waals surface area contributed by atoms with Crippen LogP contribution in [0.2, 0.25) is 0 Å². The van der Waals surface area contributed by atoms with E-state index in [1.807, 2.05) is 18.2 Å². The van der Waals surface area contributed by atoms with Crippen molar-refractivity contribution in [3.05, 3.63) is 18.2 Å². The van der Waals surface area contributed by atoms with Crippen LogP contribution in [0.1, 0.15) is 38.5 Å². The zero-order valence-electron chi connectivity index (χ0n) is 20.0. The Morgan fingerprint density at radius 3 is 1.36 bits per heavy atom. The van der Waals surface area contributed by atoms with Gasteiger partial charge in [-0.25, -0.2) is 0 Å². The van der Waals surface area contributed by atoms with E-state index in [4.69, 9.17) is 44.5 Å². The van der Waals surface area contributed by atoms with Gasteiger partial charge in [0.05, 0.1) is 13.2 Å². The van der Waals surface area contributed by atoms with Gasteiger partial charge in [-0.2, -0.15) is 47.1 Å². The Balaban J connectivity index is 0. The third kappa shape index (κ3) is 40.3. The predicted molar refractivity (Wildman–Crippen MR) is 145 cm³/mol. The van der Waals surface area contributed by atoms with Crippen LogP contribution in [0.3, 0.4) is 0 Å². The van der Waals surface area contributed by atoms with Gasteiger partial charge in [-0.05, 0) is 51.6 Å². The molecule has 6 N–H and O–H groups in total. The van der Waals surface area contributed by atoms with Gasteiger partial charge in [-0.1, -0.05) is 6.07 Å². The minimum atomic E-state index is -4.67. The first kappa shape index (κ1) is 37.3. The molecular formula is C19H39N3O10S4. The van der Waals surface area contributed by atoms with E-state index < -0.39 is 20.8 Å². The molecule has 0 amide bonds. The Hall–Kier alpha value is -0.890. The second-order valence-electron chi connectivity index (χ2n) is 6.98. The maximum Gasteiger partial charge on any atom is 0.394 e. The van der Waals surface area contributed by atoms with Crippen LogP contribution in [0.25, 0.3) is 0 Å². The molecule has 1 aromatic heterocycles. The molecule has 1 rings (SSSR count). The highest BCUT2D eigenvalue weighted by Gasteiger charge is 2.00. The lowest BCUT2D eigenvalue weighted by Gasteiger charge is -2.09. The monoisotopic (exact) mass is 597 g/mol. The first-order valence-electron chi connectivity index (χ1n) is 11.1. The third-order valence-corrected chi connectivity index (χ3v) is 4.22. The van der Waals surface area contributed by atoms with Gasteiger partial charge in [-0.3, -0.25) is 18.2 Å². The van der Waals surface area contributed by atoms with E-state index >= 15 is 0 Å². The highest BCUT2D eigenvalue weighted by molar-refractivity contribution is 7.80. The van der Waals surface area contributed by atoms with Crippen LogP contribution in [0.5, 0.6) is 11.8 Å². The standard InChI is InChI=1S/C19H35N3O2S2.2H2O4S/c25-16-12-20-10-3-1-5-14-23-18-8-7-9-19(22-18)24-15-6-2-4-11-21-13-17-26;2*1-5(2,3)4/h7-9,20-21,25-26H,1-6,10-17H2;2*(H2,1,2,3,4). The minimum absolute atomic E-state index is 0.645. The van der Waals surface area contributed by atoms with Crippen molar-refractivity contribution in [2.45, 2.75) is 38.5 Å². The van der Waals surface area contributed by atoms with Crippen LogP contribution < -0.4 is 20.1 Å². The fourth-order valence-electron chi connectivity index (χ4n) is 2.38. The zero-order valence-corrected chi connectivity index (χ0v) is 23.4. The lowest BCUT2D eigenvalue weighted by atomic mass is 10.2. The van der Waals surface area contributed by atoms with Gasteiger partial charge >= 0.3 is 20.8 Å². The van der Waals surface area contributed by atoms with Gasteiger partial charge in [0.2, 0.25) is 11.8 Å². The Morgan fingerprint density at radius 1 is 0.667 bits per heavy atom. The molecule has 0 unspecified atom stereocenters. The predicted octanol–water partition coefficient (Wildman–Crippen LogP) is 1.91. The molecule has 0 aliphatic rings. The lowest BCUT2D eigenvalue weighted by Crippen LogP contribution is -2.17.